The lowest BCUT2D eigenvalue weighted by Crippen LogP contribution is -2.33. The number of nitrogen functional groups attached to an aromatic ring is 1. The lowest BCUT2D eigenvalue weighted by Gasteiger charge is -2.25. The van der Waals surface area contributed by atoms with Crippen molar-refractivity contribution in [2.75, 3.05) is 28.6 Å². The second-order valence-electron chi connectivity index (χ2n) is 18.1. The van der Waals surface area contributed by atoms with E-state index < -0.39 is 29.1 Å². The minimum absolute atomic E-state index is 0.0224. The number of nitrogens with zero attached hydrogens (tertiary/aromatic N) is 4. The number of nitrogens with one attached hydrogen (secondary N) is 1. The van der Waals surface area contributed by atoms with Crippen molar-refractivity contribution < 1.29 is 30.0 Å². The summed E-state index contributed by atoms with van der Waals surface area (Å²) in [4.78, 5) is 12.4. The topological polar surface area (TPSA) is 192 Å². The molecule has 0 fully saturated rings. The van der Waals surface area contributed by atoms with Crippen molar-refractivity contribution in [2.24, 2.45) is 0 Å². The molecule has 0 unspecified atom stereocenters. The number of aromatic nitrogens is 3. The Bertz CT molecular complexity index is 3070. The molecule has 70 heavy (non-hydrogen) atoms. The van der Waals surface area contributed by atoms with Gasteiger partial charge in [0.05, 0.1) is 46.8 Å². The Morgan fingerprint density at radius 2 is 0.943 bits per heavy atom. The van der Waals surface area contributed by atoms with Gasteiger partial charge in [0, 0.05) is 36.4 Å². The van der Waals surface area contributed by atoms with Crippen molar-refractivity contribution in [3.05, 3.63) is 155 Å². The van der Waals surface area contributed by atoms with Crippen molar-refractivity contribution >= 4 is 139 Å². The fourth-order valence-corrected chi connectivity index (χ4v) is 10.5. The lowest BCUT2D eigenvalue weighted by molar-refractivity contribution is 0.209. The molecular weight excluding hydrogens is 1240 g/mol. The van der Waals surface area contributed by atoms with Crippen molar-refractivity contribution in [3.63, 3.8) is 0 Å². The summed E-state index contributed by atoms with van der Waals surface area (Å²) in [5.74, 6) is 0. The van der Waals surface area contributed by atoms with Crippen LogP contribution in [0, 0.1) is 0 Å². The van der Waals surface area contributed by atoms with Crippen molar-refractivity contribution in [2.45, 2.75) is 93.2 Å². The highest BCUT2D eigenvalue weighted by Gasteiger charge is 2.28. The third kappa shape index (κ3) is 18.4. The Labute approximate surface area is 457 Å². The van der Waals surface area contributed by atoms with Crippen LogP contribution in [0.5, 0.6) is 0 Å². The third-order valence-corrected chi connectivity index (χ3v) is 16.6. The first-order valence-corrected chi connectivity index (χ1v) is 29.3. The van der Waals surface area contributed by atoms with Crippen molar-refractivity contribution in [3.8, 4) is 0 Å². The average Bonchev–Trinajstić information content (AvgIpc) is 3.26. The molecule has 3 aromatic heterocycles. The monoisotopic (exact) mass is 1290 g/mol. The molecule has 3 aromatic carbocycles. The molecule has 0 aliphatic rings. The molecule has 0 amide bonds. The quantitative estimate of drug-likeness (QED) is 0.0795. The van der Waals surface area contributed by atoms with E-state index in [1.165, 1.54) is 50.0 Å². The van der Waals surface area contributed by atoms with E-state index >= 15 is 0 Å². The van der Waals surface area contributed by atoms with Crippen LogP contribution in [0.4, 0.5) is 17.1 Å². The predicted molar refractivity (Wildman–Crippen MR) is 296 cm³/mol. The number of ether oxygens (including phenoxy) is 1. The van der Waals surface area contributed by atoms with Crippen molar-refractivity contribution in [1.82, 2.24) is 15.0 Å². The lowest BCUT2D eigenvalue weighted by atomic mass is 9.87. The molecule has 0 bridgehead atoms. The van der Waals surface area contributed by atoms with Gasteiger partial charge in [-0.25, -0.2) is 44.5 Å². The van der Waals surface area contributed by atoms with Gasteiger partial charge in [0.15, 0.2) is 0 Å². The first-order chi connectivity index (χ1) is 32.1. The summed E-state index contributed by atoms with van der Waals surface area (Å²) in [7, 11) is -4.50. The second-order valence-corrected chi connectivity index (χ2v) is 27.8. The molecular formula is C47H53Br3Cl4N6O7S3. The van der Waals surface area contributed by atoms with Crippen LogP contribution >= 0.6 is 93.3 Å². The molecule has 380 valence electrons. The van der Waals surface area contributed by atoms with E-state index in [1.807, 2.05) is 24.3 Å². The van der Waals surface area contributed by atoms with E-state index in [0.717, 1.165) is 21.0 Å². The van der Waals surface area contributed by atoms with E-state index in [4.69, 9.17) is 56.0 Å². The van der Waals surface area contributed by atoms with Crippen LogP contribution in [-0.4, -0.2) is 54.0 Å². The number of sulfonamides is 2. The SMILES string of the molecule is CC(C)(C)c1ccc(S(=O)(=O)Cl)cc1.CC(C)(C)c1ccc(S(=O)(=O)Nc2cc(Cl)cnc2Br)cc1.COCN(c1cc(Cl)cnc1Br)S(=O)(=O)c1ccc(C(C)(C)C)cc1.Nc1cc(Cl)cnc1Br. The molecule has 23 heteroatoms. The van der Waals surface area contributed by atoms with Crippen LogP contribution in [-0.2, 0) is 50.1 Å². The zero-order valence-electron chi connectivity index (χ0n) is 39.7. The number of rotatable bonds is 9. The molecule has 0 saturated carbocycles. The van der Waals surface area contributed by atoms with Gasteiger partial charge in [-0.3, -0.25) is 4.72 Å². The maximum Gasteiger partial charge on any atom is 0.266 e. The summed E-state index contributed by atoms with van der Waals surface area (Å²) >= 11 is 27.0. The van der Waals surface area contributed by atoms with Gasteiger partial charge in [0.25, 0.3) is 29.1 Å². The standard InChI is InChI=1S/C17H20BrClN2O3S.C15H16BrClN2O2S.C10H13ClO2S.C5H4BrClN2/c1-17(2,3)12-5-7-14(8-6-12)25(22,23)21(11-24-4)15-9-13(19)10-20-16(15)18;1-15(2,3)10-4-6-12(7-5-10)22(20,21)19-13-8-11(17)9-18-14(13)16;1-10(2,3)8-4-6-9(7-5-8)14(11,12)13;6-5-4(8)1-3(7)2-9-5/h5-10H,11H2,1-4H3;4-9,19H,1-3H3;4-7H,1-3H3;1-2H,8H2. The summed E-state index contributed by atoms with van der Waals surface area (Å²) in [6.45, 7) is 18.5. The first kappa shape index (κ1) is 61.2. The number of hydrogen-bond acceptors (Lipinski definition) is 11. The Morgan fingerprint density at radius 3 is 1.33 bits per heavy atom. The van der Waals surface area contributed by atoms with Crippen LogP contribution < -0.4 is 14.8 Å². The predicted octanol–water partition coefficient (Wildman–Crippen LogP) is 14.2. The van der Waals surface area contributed by atoms with Crippen LogP contribution in [0.1, 0.15) is 79.0 Å². The van der Waals surface area contributed by atoms with Crippen LogP contribution in [0.3, 0.4) is 0 Å². The van der Waals surface area contributed by atoms with Crippen LogP contribution in [0.25, 0.3) is 0 Å². The van der Waals surface area contributed by atoms with Gasteiger partial charge in [0.2, 0.25) is 0 Å². The van der Waals surface area contributed by atoms with Crippen LogP contribution in [0.2, 0.25) is 15.1 Å². The highest BCUT2D eigenvalue weighted by molar-refractivity contribution is 9.11. The fraction of sp³-hybridized carbons (Fsp3) is 0.298. The van der Waals surface area contributed by atoms with E-state index in [-0.39, 0.29) is 37.7 Å². The molecule has 6 aromatic rings. The summed E-state index contributed by atoms with van der Waals surface area (Å²) in [5.41, 5.74) is 9.73. The Hall–Kier alpha value is -3.08. The minimum Gasteiger partial charge on any atom is -0.396 e. The summed E-state index contributed by atoms with van der Waals surface area (Å²) in [5, 5.41) is 1.23. The smallest absolute Gasteiger partial charge is 0.266 e. The highest BCUT2D eigenvalue weighted by Crippen LogP contribution is 2.33. The van der Waals surface area contributed by atoms with Gasteiger partial charge in [-0.1, -0.05) is 134 Å². The summed E-state index contributed by atoms with van der Waals surface area (Å²) in [6, 6.07) is 25.0. The molecule has 0 saturated heterocycles. The van der Waals surface area contributed by atoms with Gasteiger partial charge in [-0.15, -0.1) is 0 Å². The molecule has 3 N–H and O–H groups in total. The molecule has 0 atom stereocenters. The zero-order chi connectivity index (χ0) is 53.2. The minimum atomic E-state index is -3.84. The largest absolute Gasteiger partial charge is 0.396 e. The molecule has 0 aliphatic carbocycles. The van der Waals surface area contributed by atoms with E-state index in [2.05, 4.69) is 130 Å². The number of anilines is 3. The number of halogens is 7. The molecule has 13 nitrogen and oxygen atoms in total. The maximum absolute atomic E-state index is 13.1. The molecule has 0 spiro atoms. The second kappa shape index (κ2) is 25.2. The summed E-state index contributed by atoms with van der Waals surface area (Å²) in [6.07, 6.45) is 4.40. The zero-order valence-corrected chi connectivity index (χ0v) is 49.9. The normalized spacial score (nSPS) is 12.0. The van der Waals surface area contributed by atoms with Gasteiger partial charge in [-0.2, -0.15) is 0 Å². The van der Waals surface area contributed by atoms with E-state index in [9.17, 15) is 25.3 Å². The number of benzene rings is 3. The fourth-order valence-electron chi connectivity index (χ4n) is 5.61. The van der Waals surface area contributed by atoms with E-state index in [1.54, 1.807) is 42.5 Å². The third-order valence-electron chi connectivity index (χ3n) is 9.53. The van der Waals surface area contributed by atoms with E-state index in [0.29, 0.717) is 45.9 Å². The molecule has 3 heterocycles. The molecule has 6 rings (SSSR count). The van der Waals surface area contributed by atoms with Crippen LogP contribution in [0.15, 0.2) is 138 Å². The Morgan fingerprint density at radius 1 is 0.571 bits per heavy atom. The Balaban J connectivity index is 0.000000262. The Kier molecular flexibility index (Phi) is 22.1. The van der Waals surface area contributed by atoms with Gasteiger partial charge in [-0.05, 0) is 135 Å². The van der Waals surface area contributed by atoms with Gasteiger partial charge in [0.1, 0.15) is 20.5 Å². The summed E-state index contributed by atoms with van der Waals surface area (Å²) < 4.78 is 83.0. The number of hydrogen-bond donors (Lipinski definition) is 2. The first-order valence-electron chi connectivity index (χ1n) is 20.6. The number of pyridine rings is 3. The molecule has 0 radical (unpaired) electrons. The average molecular weight is 1290 g/mol. The number of nitrogens with two attached hydrogens (primary N) is 1. The maximum atomic E-state index is 13.1. The van der Waals surface area contributed by atoms with Gasteiger partial charge >= 0.3 is 0 Å². The van der Waals surface area contributed by atoms with Crippen molar-refractivity contribution in [1.29, 1.82) is 0 Å². The molecule has 0 aliphatic heterocycles. The van der Waals surface area contributed by atoms with Gasteiger partial charge < -0.3 is 10.5 Å². The highest BCUT2D eigenvalue weighted by atomic mass is 79.9. The number of methoxy groups -OCH3 is 1.